The summed E-state index contributed by atoms with van der Waals surface area (Å²) in [5.41, 5.74) is 6.60. The molecule has 2 amide bonds. The van der Waals surface area contributed by atoms with Crippen molar-refractivity contribution in [3.63, 3.8) is 0 Å². The van der Waals surface area contributed by atoms with Crippen LogP contribution in [0.15, 0.2) is 41.3 Å². The van der Waals surface area contributed by atoms with Crippen molar-refractivity contribution in [1.29, 1.82) is 0 Å². The first kappa shape index (κ1) is 24.8. The van der Waals surface area contributed by atoms with Gasteiger partial charge in [-0.15, -0.1) is 24.9 Å². The Morgan fingerprint density at radius 1 is 1.27 bits per heavy atom. The zero-order valence-electron chi connectivity index (χ0n) is 17.7. The molecule has 178 valence electrons. The first-order valence-corrected chi connectivity index (χ1v) is 11.2. The van der Waals surface area contributed by atoms with E-state index in [0.29, 0.717) is 22.7 Å². The van der Waals surface area contributed by atoms with Gasteiger partial charge in [0.2, 0.25) is 5.91 Å². The van der Waals surface area contributed by atoms with Crippen molar-refractivity contribution in [2.24, 2.45) is 5.73 Å². The highest BCUT2D eigenvalue weighted by Crippen LogP contribution is 2.37. The van der Waals surface area contributed by atoms with E-state index in [1.54, 1.807) is 0 Å². The van der Waals surface area contributed by atoms with E-state index in [4.69, 9.17) is 5.73 Å². The molecule has 0 fully saturated rings. The van der Waals surface area contributed by atoms with E-state index in [1.807, 2.05) is 6.92 Å². The van der Waals surface area contributed by atoms with Gasteiger partial charge in [-0.2, -0.15) is 0 Å². The van der Waals surface area contributed by atoms with E-state index in [2.05, 4.69) is 10.1 Å². The maximum atomic E-state index is 14.7. The highest BCUT2D eigenvalue weighted by Gasteiger charge is 2.32. The summed E-state index contributed by atoms with van der Waals surface area (Å²) in [4.78, 5) is 27.2. The molecule has 6 nitrogen and oxygen atoms in total. The standard InChI is InChI=1S/C22H23F4N3O3S/c1-2-3-8-28-20(30)15-9-18-19(10-16(15)23)33-12-17(27)21(31)29(18)11-13-4-6-14(7-5-13)32-22(24,25)26/h4-7,9-10,17H,2-3,8,11-12,27H2,1H3,(H,28,30)/t17-/m0/s1. The average molecular weight is 486 g/mol. The summed E-state index contributed by atoms with van der Waals surface area (Å²) in [6, 6.07) is 6.69. The number of carbonyl (C=O) groups excluding carboxylic acids is 2. The summed E-state index contributed by atoms with van der Waals surface area (Å²) in [5, 5.41) is 2.65. The Morgan fingerprint density at radius 2 is 1.97 bits per heavy atom. The quantitative estimate of drug-likeness (QED) is 0.453. The maximum absolute atomic E-state index is 14.7. The summed E-state index contributed by atoms with van der Waals surface area (Å²) in [7, 11) is 0. The van der Waals surface area contributed by atoms with Gasteiger partial charge < -0.3 is 20.7 Å². The second-order valence-corrected chi connectivity index (χ2v) is 8.50. The van der Waals surface area contributed by atoms with Crippen LogP contribution in [0.5, 0.6) is 5.75 Å². The van der Waals surface area contributed by atoms with E-state index < -0.39 is 35.8 Å². The number of anilines is 1. The van der Waals surface area contributed by atoms with E-state index in [1.165, 1.54) is 40.9 Å². The number of unbranched alkanes of at least 4 members (excludes halogenated alkanes) is 1. The molecule has 3 N–H and O–H groups in total. The van der Waals surface area contributed by atoms with Gasteiger partial charge in [-0.3, -0.25) is 9.59 Å². The molecule has 11 heteroatoms. The van der Waals surface area contributed by atoms with E-state index >= 15 is 0 Å². The van der Waals surface area contributed by atoms with Gasteiger partial charge in [0.1, 0.15) is 11.6 Å². The number of ether oxygens (including phenoxy) is 1. The third kappa shape index (κ3) is 6.38. The predicted octanol–water partition coefficient (Wildman–Crippen LogP) is 4.22. The van der Waals surface area contributed by atoms with Crippen molar-refractivity contribution in [1.82, 2.24) is 5.32 Å². The zero-order chi connectivity index (χ0) is 24.2. The van der Waals surface area contributed by atoms with Crippen LogP contribution in [0.2, 0.25) is 0 Å². The van der Waals surface area contributed by atoms with Crippen LogP contribution in [0.25, 0.3) is 0 Å². The van der Waals surface area contributed by atoms with Crippen molar-refractivity contribution in [2.75, 3.05) is 17.2 Å². The Labute approximate surface area is 192 Å². The minimum absolute atomic E-state index is 0.0328. The smallest absolute Gasteiger partial charge is 0.406 e. The number of nitrogens with one attached hydrogen (secondary N) is 1. The number of amides is 2. The molecule has 1 aliphatic heterocycles. The number of nitrogens with two attached hydrogens (primary N) is 1. The molecular weight excluding hydrogens is 462 g/mol. The van der Waals surface area contributed by atoms with Crippen LogP contribution in [-0.4, -0.2) is 36.5 Å². The first-order valence-electron chi connectivity index (χ1n) is 10.2. The van der Waals surface area contributed by atoms with Gasteiger partial charge in [0.15, 0.2) is 0 Å². The molecule has 1 heterocycles. The molecule has 0 aromatic heterocycles. The Hall–Kier alpha value is -2.79. The molecular formula is C22H23F4N3O3S. The second kappa shape index (κ2) is 10.4. The maximum Gasteiger partial charge on any atom is 0.573 e. The Kier molecular flexibility index (Phi) is 7.85. The highest BCUT2D eigenvalue weighted by molar-refractivity contribution is 7.99. The summed E-state index contributed by atoms with van der Waals surface area (Å²) in [6.07, 6.45) is -3.22. The van der Waals surface area contributed by atoms with Crippen LogP contribution in [0.4, 0.5) is 23.2 Å². The van der Waals surface area contributed by atoms with Gasteiger partial charge in [0, 0.05) is 17.2 Å². The number of rotatable bonds is 7. The molecule has 1 aliphatic rings. The molecule has 0 spiro atoms. The molecule has 1 atom stereocenters. The molecule has 33 heavy (non-hydrogen) atoms. The Morgan fingerprint density at radius 3 is 2.61 bits per heavy atom. The number of benzene rings is 2. The fourth-order valence-electron chi connectivity index (χ4n) is 3.23. The number of alkyl halides is 3. The van der Waals surface area contributed by atoms with Gasteiger partial charge in [0.25, 0.3) is 5.91 Å². The van der Waals surface area contributed by atoms with Gasteiger partial charge in [-0.05, 0) is 36.2 Å². The van der Waals surface area contributed by atoms with Crippen LogP contribution in [0.3, 0.4) is 0 Å². The normalized spacial score (nSPS) is 16.2. The SMILES string of the molecule is CCCCNC(=O)c1cc2c(cc1F)SC[C@H](N)C(=O)N2Cc1ccc(OC(F)(F)F)cc1. The number of nitrogens with zero attached hydrogens (tertiary/aromatic N) is 1. The predicted molar refractivity (Wildman–Crippen MR) is 117 cm³/mol. The lowest BCUT2D eigenvalue weighted by molar-refractivity contribution is -0.274. The van der Waals surface area contributed by atoms with E-state index in [0.717, 1.165) is 25.0 Å². The Bertz CT molecular complexity index is 1020. The summed E-state index contributed by atoms with van der Waals surface area (Å²) in [5.74, 6) is -1.94. The molecule has 0 unspecified atom stereocenters. The molecule has 3 rings (SSSR count). The largest absolute Gasteiger partial charge is 0.573 e. The van der Waals surface area contributed by atoms with Crippen molar-refractivity contribution in [3.8, 4) is 5.75 Å². The number of thioether (sulfide) groups is 1. The number of hydrogen-bond donors (Lipinski definition) is 2. The number of carbonyl (C=O) groups is 2. The highest BCUT2D eigenvalue weighted by atomic mass is 32.2. The van der Waals surface area contributed by atoms with Gasteiger partial charge in [-0.25, -0.2) is 4.39 Å². The van der Waals surface area contributed by atoms with Crippen molar-refractivity contribution in [2.45, 2.75) is 43.6 Å². The van der Waals surface area contributed by atoms with Gasteiger partial charge in [-0.1, -0.05) is 25.5 Å². The molecule has 0 aliphatic carbocycles. The van der Waals surface area contributed by atoms with Crippen LogP contribution in [0.1, 0.15) is 35.7 Å². The Balaban J connectivity index is 1.92. The van der Waals surface area contributed by atoms with E-state index in [9.17, 15) is 27.2 Å². The molecule has 0 saturated carbocycles. The topological polar surface area (TPSA) is 84.7 Å². The third-order valence-electron chi connectivity index (χ3n) is 4.90. The molecule has 0 bridgehead atoms. The number of hydrogen-bond acceptors (Lipinski definition) is 5. The van der Waals surface area contributed by atoms with Crippen molar-refractivity contribution in [3.05, 3.63) is 53.3 Å². The third-order valence-corrected chi connectivity index (χ3v) is 6.06. The summed E-state index contributed by atoms with van der Waals surface area (Å²) in [6.45, 7) is 2.32. The fourth-order valence-corrected chi connectivity index (χ4v) is 4.24. The monoisotopic (exact) mass is 485 g/mol. The zero-order valence-corrected chi connectivity index (χ0v) is 18.6. The molecule has 0 radical (unpaired) electrons. The van der Waals surface area contributed by atoms with Crippen molar-refractivity contribution >= 4 is 29.3 Å². The van der Waals surface area contributed by atoms with Crippen molar-refractivity contribution < 1.29 is 31.9 Å². The lowest BCUT2D eigenvalue weighted by Gasteiger charge is -2.25. The first-order chi connectivity index (χ1) is 15.6. The van der Waals surface area contributed by atoms with Crippen LogP contribution in [0, 0.1) is 5.82 Å². The van der Waals surface area contributed by atoms with E-state index in [-0.39, 0.29) is 17.9 Å². The van der Waals surface area contributed by atoms with Crippen LogP contribution >= 0.6 is 11.8 Å². The number of halogens is 4. The molecule has 0 saturated heterocycles. The summed E-state index contributed by atoms with van der Waals surface area (Å²) < 4.78 is 55.7. The second-order valence-electron chi connectivity index (χ2n) is 7.44. The van der Waals surface area contributed by atoms with Crippen LogP contribution < -0.4 is 20.7 Å². The lowest BCUT2D eigenvalue weighted by atomic mass is 10.1. The minimum atomic E-state index is -4.82. The van der Waals surface area contributed by atoms with Crippen LogP contribution in [-0.2, 0) is 11.3 Å². The lowest BCUT2D eigenvalue weighted by Crippen LogP contribution is -2.44. The fraction of sp³-hybridized carbons (Fsp3) is 0.364. The minimum Gasteiger partial charge on any atom is -0.406 e. The molecule has 2 aromatic carbocycles. The summed E-state index contributed by atoms with van der Waals surface area (Å²) >= 11 is 1.20. The van der Waals surface area contributed by atoms with Gasteiger partial charge >= 0.3 is 6.36 Å². The molecule has 2 aromatic rings. The number of fused-ring (bicyclic) bond motifs is 1. The van der Waals surface area contributed by atoms with Gasteiger partial charge in [0.05, 0.1) is 23.8 Å². The average Bonchev–Trinajstić information content (AvgIpc) is 2.85.